The van der Waals surface area contributed by atoms with Crippen LogP contribution in [0.25, 0.3) is 11.1 Å². The first-order chi connectivity index (χ1) is 13.2. The van der Waals surface area contributed by atoms with E-state index in [0.29, 0.717) is 32.2 Å². The van der Waals surface area contributed by atoms with E-state index in [2.05, 4.69) is 51.9 Å². The van der Waals surface area contributed by atoms with Crippen LogP contribution in [0.5, 0.6) is 0 Å². The van der Waals surface area contributed by atoms with E-state index in [0.717, 1.165) is 5.56 Å². The van der Waals surface area contributed by atoms with Crippen LogP contribution < -0.4 is 4.90 Å². The molecule has 0 unspecified atom stereocenters. The SMILES string of the molecule is CCO[C@H]1CN(c2nnnn2Cc2ccc(-c3ccccc3)cc2)C[C@@H]1O. The second-order valence-corrected chi connectivity index (χ2v) is 6.67. The summed E-state index contributed by atoms with van der Waals surface area (Å²) in [6, 6.07) is 18.7. The molecule has 0 aliphatic carbocycles. The molecule has 1 aliphatic heterocycles. The zero-order valence-corrected chi connectivity index (χ0v) is 15.3. The molecule has 4 rings (SSSR count). The van der Waals surface area contributed by atoms with Gasteiger partial charge in [-0.25, -0.2) is 4.68 Å². The Hall–Kier alpha value is -2.77. The van der Waals surface area contributed by atoms with Crippen LogP contribution in [0.3, 0.4) is 0 Å². The van der Waals surface area contributed by atoms with Crippen molar-refractivity contribution in [2.75, 3.05) is 24.6 Å². The van der Waals surface area contributed by atoms with E-state index in [-0.39, 0.29) is 6.10 Å². The van der Waals surface area contributed by atoms with Crippen molar-refractivity contribution in [3.05, 3.63) is 60.2 Å². The highest BCUT2D eigenvalue weighted by molar-refractivity contribution is 5.63. The summed E-state index contributed by atoms with van der Waals surface area (Å²) in [5.74, 6) is 0.656. The molecule has 3 aromatic rings. The Morgan fingerprint density at radius 1 is 1.04 bits per heavy atom. The van der Waals surface area contributed by atoms with Crippen molar-refractivity contribution < 1.29 is 9.84 Å². The monoisotopic (exact) mass is 365 g/mol. The molecular formula is C20H23N5O2. The maximum Gasteiger partial charge on any atom is 0.246 e. The van der Waals surface area contributed by atoms with E-state index in [9.17, 15) is 5.11 Å². The molecule has 0 saturated carbocycles. The molecular weight excluding hydrogens is 342 g/mol. The molecule has 7 heteroatoms. The highest BCUT2D eigenvalue weighted by Crippen LogP contribution is 2.22. The summed E-state index contributed by atoms with van der Waals surface area (Å²) >= 11 is 0. The van der Waals surface area contributed by atoms with Crippen molar-refractivity contribution in [3.63, 3.8) is 0 Å². The summed E-state index contributed by atoms with van der Waals surface area (Å²) in [5, 5.41) is 22.3. The zero-order chi connectivity index (χ0) is 18.6. The lowest BCUT2D eigenvalue weighted by atomic mass is 10.0. The third-order valence-electron chi connectivity index (χ3n) is 4.81. The molecule has 1 aromatic heterocycles. The van der Waals surface area contributed by atoms with Crippen molar-refractivity contribution >= 4 is 5.95 Å². The lowest BCUT2D eigenvalue weighted by molar-refractivity contribution is -0.00189. The molecule has 2 heterocycles. The Balaban J connectivity index is 1.48. The van der Waals surface area contributed by atoms with Gasteiger partial charge in [0.1, 0.15) is 6.10 Å². The second kappa shape index (κ2) is 7.85. The fourth-order valence-electron chi connectivity index (χ4n) is 3.43. The standard InChI is InChI=1S/C20H23N5O2/c1-2-27-19-14-24(13-18(19)26)20-21-22-23-25(20)12-15-8-10-17(11-9-15)16-6-4-3-5-7-16/h3-11,18-19,26H,2,12-14H2,1H3/t18-,19-/m0/s1. The van der Waals surface area contributed by atoms with Crippen molar-refractivity contribution in [3.8, 4) is 11.1 Å². The average molecular weight is 365 g/mol. The molecule has 1 N–H and O–H groups in total. The third kappa shape index (κ3) is 3.84. The number of benzene rings is 2. The maximum absolute atomic E-state index is 10.2. The first-order valence-corrected chi connectivity index (χ1v) is 9.19. The molecule has 1 fully saturated rings. The highest BCUT2D eigenvalue weighted by Gasteiger charge is 2.34. The molecule has 1 aliphatic rings. The third-order valence-corrected chi connectivity index (χ3v) is 4.81. The summed E-state index contributed by atoms with van der Waals surface area (Å²) in [7, 11) is 0. The average Bonchev–Trinajstić information content (AvgIpc) is 3.30. The van der Waals surface area contributed by atoms with Gasteiger partial charge in [0.15, 0.2) is 0 Å². The van der Waals surface area contributed by atoms with Gasteiger partial charge in [-0.3, -0.25) is 0 Å². The van der Waals surface area contributed by atoms with Gasteiger partial charge in [-0.2, -0.15) is 0 Å². The Bertz CT molecular complexity index is 866. The van der Waals surface area contributed by atoms with E-state index in [1.54, 1.807) is 4.68 Å². The smallest absolute Gasteiger partial charge is 0.246 e. The van der Waals surface area contributed by atoms with E-state index >= 15 is 0 Å². The van der Waals surface area contributed by atoms with Gasteiger partial charge in [0.25, 0.3) is 0 Å². The number of nitrogens with zero attached hydrogens (tertiary/aromatic N) is 5. The minimum atomic E-state index is -0.528. The number of aromatic nitrogens is 4. The van der Waals surface area contributed by atoms with Crippen LogP contribution in [0.15, 0.2) is 54.6 Å². The van der Waals surface area contributed by atoms with Gasteiger partial charge in [-0.05, 0) is 34.0 Å². The summed E-state index contributed by atoms with van der Waals surface area (Å²) in [6.45, 7) is 4.14. The van der Waals surface area contributed by atoms with Crippen LogP contribution >= 0.6 is 0 Å². The van der Waals surface area contributed by atoms with Gasteiger partial charge in [-0.1, -0.05) is 59.7 Å². The first-order valence-electron chi connectivity index (χ1n) is 9.19. The number of anilines is 1. The summed E-state index contributed by atoms with van der Waals surface area (Å²) < 4.78 is 7.35. The van der Waals surface area contributed by atoms with Crippen molar-refractivity contribution in [2.24, 2.45) is 0 Å². The topological polar surface area (TPSA) is 76.3 Å². The van der Waals surface area contributed by atoms with E-state index in [1.807, 2.05) is 30.0 Å². The Morgan fingerprint density at radius 2 is 1.78 bits per heavy atom. The number of aliphatic hydroxyl groups excluding tert-OH is 1. The fraction of sp³-hybridized carbons (Fsp3) is 0.350. The second-order valence-electron chi connectivity index (χ2n) is 6.67. The molecule has 1 saturated heterocycles. The zero-order valence-electron chi connectivity index (χ0n) is 15.3. The van der Waals surface area contributed by atoms with Crippen LogP contribution in [0.4, 0.5) is 5.95 Å². The summed E-state index contributed by atoms with van der Waals surface area (Å²) in [5.41, 5.74) is 3.49. The molecule has 140 valence electrons. The minimum absolute atomic E-state index is 0.203. The number of β-amino-alcohol motifs (C(OH)–C–C–N with tert-alkyl or cyclic N) is 1. The molecule has 27 heavy (non-hydrogen) atoms. The number of ether oxygens (including phenoxy) is 1. The van der Waals surface area contributed by atoms with Gasteiger partial charge in [0, 0.05) is 19.7 Å². The fourth-order valence-corrected chi connectivity index (χ4v) is 3.43. The lowest BCUT2D eigenvalue weighted by Crippen LogP contribution is -2.27. The number of aliphatic hydroxyl groups is 1. The molecule has 0 radical (unpaired) electrons. The van der Waals surface area contributed by atoms with Gasteiger partial charge >= 0.3 is 0 Å². The largest absolute Gasteiger partial charge is 0.388 e. The lowest BCUT2D eigenvalue weighted by Gasteiger charge is -2.16. The van der Waals surface area contributed by atoms with Crippen molar-refractivity contribution in [2.45, 2.75) is 25.7 Å². The number of hydrogen-bond acceptors (Lipinski definition) is 6. The minimum Gasteiger partial charge on any atom is -0.388 e. The summed E-state index contributed by atoms with van der Waals surface area (Å²) in [6.07, 6.45) is -0.731. The van der Waals surface area contributed by atoms with Crippen LogP contribution in [-0.4, -0.2) is 57.2 Å². The number of hydrogen-bond donors (Lipinski definition) is 1. The van der Waals surface area contributed by atoms with Crippen LogP contribution in [0.2, 0.25) is 0 Å². The summed E-state index contributed by atoms with van der Waals surface area (Å²) in [4.78, 5) is 1.98. The molecule has 0 bridgehead atoms. The maximum atomic E-state index is 10.2. The Morgan fingerprint density at radius 3 is 2.52 bits per heavy atom. The van der Waals surface area contributed by atoms with Gasteiger partial charge < -0.3 is 14.7 Å². The van der Waals surface area contributed by atoms with Crippen LogP contribution in [0.1, 0.15) is 12.5 Å². The normalized spacial score (nSPS) is 19.6. The predicted molar refractivity (Wildman–Crippen MR) is 102 cm³/mol. The number of tetrazole rings is 1. The molecule has 0 spiro atoms. The van der Waals surface area contributed by atoms with E-state index in [1.165, 1.54) is 11.1 Å². The van der Waals surface area contributed by atoms with E-state index < -0.39 is 6.10 Å². The van der Waals surface area contributed by atoms with Crippen molar-refractivity contribution in [1.82, 2.24) is 20.2 Å². The van der Waals surface area contributed by atoms with Gasteiger partial charge in [-0.15, -0.1) is 0 Å². The predicted octanol–water partition coefficient (Wildman–Crippen LogP) is 1.97. The quantitative estimate of drug-likeness (QED) is 0.720. The molecule has 2 atom stereocenters. The highest BCUT2D eigenvalue weighted by atomic mass is 16.5. The first kappa shape index (κ1) is 17.6. The van der Waals surface area contributed by atoms with Crippen molar-refractivity contribution in [1.29, 1.82) is 0 Å². The van der Waals surface area contributed by atoms with Gasteiger partial charge in [0.2, 0.25) is 5.95 Å². The van der Waals surface area contributed by atoms with Gasteiger partial charge in [0.05, 0.1) is 12.6 Å². The Labute approximate surface area is 158 Å². The molecule has 0 amide bonds. The Kier molecular flexibility index (Phi) is 5.13. The van der Waals surface area contributed by atoms with E-state index in [4.69, 9.17) is 4.74 Å². The van der Waals surface area contributed by atoms with Crippen LogP contribution in [0, 0.1) is 0 Å². The molecule has 7 nitrogen and oxygen atoms in total. The number of rotatable bonds is 6. The van der Waals surface area contributed by atoms with Crippen LogP contribution in [-0.2, 0) is 11.3 Å². The molecule has 2 aromatic carbocycles.